The highest BCUT2D eigenvalue weighted by atomic mass is 16.2. The number of hydrogen-bond acceptors (Lipinski definition) is 4. The molecular weight excluding hydrogens is 254 g/mol. The molecule has 2 aromatic heterocycles. The molecule has 2 atom stereocenters. The topological polar surface area (TPSA) is 64.2 Å². The van der Waals surface area contributed by atoms with E-state index in [2.05, 4.69) is 22.3 Å². The number of nitrogens with zero attached hydrogens (tertiary/aromatic N) is 4. The van der Waals surface area contributed by atoms with Gasteiger partial charge in [-0.15, -0.1) is 5.10 Å². The van der Waals surface area contributed by atoms with Gasteiger partial charge in [0.05, 0.1) is 6.20 Å². The maximum Gasteiger partial charge on any atom is 0.350 e. The van der Waals surface area contributed by atoms with Crippen LogP contribution in [0.2, 0.25) is 0 Å². The standard InChI is InChI=1S/C14H21N5O/c1-2-16-12-5-3-4-11(12)6-8-19-14(20)18-9-7-15-10-13(18)17-19/h7,9-12,16H,2-6,8H2,1H3. The minimum absolute atomic E-state index is 0.0691. The molecule has 1 aliphatic carbocycles. The average molecular weight is 275 g/mol. The average Bonchev–Trinajstić information content (AvgIpc) is 3.03. The summed E-state index contributed by atoms with van der Waals surface area (Å²) in [6, 6.07) is 0.606. The summed E-state index contributed by atoms with van der Waals surface area (Å²) in [5.74, 6) is 0.657. The highest BCUT2D eigenvalue weighted by Crippen LogP contribution is 2.28. The van der Waals surface area contributed by atoms with Crippen molar-refractivity contribution >= 4 is 5.65 Å². The van der Waals surface area contributed by atoms with Crippen molar-refractivity contribution in [1.82, 2.24) is 24.5 Å². The van der Waals surface area contributed by atoms with E-state index in [9.17, 15) is 4.79 Å². The van der Waals surface area contributed by atoms with Gasteiger partial charge in [-0.05, 0) is 31.7 Å². The van der Waals surface area contributed by atoms with Crippen molar-refractivity contribution < 1.29 is 0 Å². The Labute approximate surface area is 117 Å². The van der Waals surface area contributed by atoms with E-state index >= 15 is 0 Å². The predicted octanol–water partition coefficient (Wildman–Crippen LogP) is 1.06. The molecule has 2 aromatic rings. The highest BCUT2D eigenvalue weighted by molar-refractivity contribution is 5.31. The van der Waals surface area contributed by atoms with Gasteiger partial charge in [-0.3, -0.25) is 4.98 Å². The van der Waals surface area contributed by atoms with E-state index in [1.165, 1.54) is 19.3 Å². The van der Waals surface area contributed by atoms with Gasteiger partial charge < -0.3 is 5.32 Å². The second-order valence-electron chi connectivity index (χ2n) is 5.45. The summed E-state index contributed by atoms with van der Waals surface area (Å²) in [4.78, 5) is 16.2. The molecule has 2 heterocycles. The summed E-state index contributed by atoms with van der Waals surface area (Å²) < 4.78 is 3.11. The lowest BCUT2D eigenvalue weighted by atomic mass is 9.99. The zero-order chi connectivity index (χ0) is 13.9. The molecule has 1 fully saturated rings. The lowest BCUT2D eigenvalue weighted by Gasteiger charge is -2.19. The summed E-state index contributed by atoms with van der Waals surface area (Å²) in [6.07, 6.45) is 9.69. The highest BCUT2D eigenvalue weighted by Gasteiger charge is 2.26. The van der Waals surface area contributed by atoms with Crippen LogP contribution in [0.4, 0.5) is 0 Å². The predicted molar refractivity (Wildman–Crippen MR) is 76.7 cm³/mol. The van der Waals surface area contributed by atoms with Gasteiger partial charge in [-0.2, -0.15) is 0 Å². The number of nitrogens with one attached hydrogen (secondary N) is 1. The molecule has 0 spiro atoms. The van der Waals surface area contributed by atoms with Crippen LogP contribution in [0.3, 0.4) is 0 Å². The first kappa shape index (κ1) is 13.3. The number of fused-ring (bicyclic) bond motifs is 1. The van der Waals surface area contributed by atoms with Gasteiger partial charge in [0.1, 0.15) is 0 Å². The number of aryl methyl sites for hydroxylation is 1. The summed E-state index contributed by atoms with van der Waals surface area (Å²) in [5.41, 5.74) is 0.549. The molecule has 6 nitrogen and oxygen atoms in total. The van der Waals surface area contributed by atoms with E-state index in [0.717, 1.165) is 13.0 Å². The van der Waals surface area contributed by atoms with Crippen LogP contribution < -0.4 is 11.0 Å². The SMILES string of the molecule is CCNC1CCCC1CCn1nc2cnccn2c1=O. The first-order chi connectivity index (χ1) is 9.79. The zero-order valence-corrected chi connectivity index (χ0v) is 11.8. The van der Waals surface area contributed by atoms with E-state index in [1.54, 1.807) is 27.7 Å². The van der Waals surface area contributed by atoms with Crippen LogP contribution >= 0.6 is 0 Å². The molecule has 20 heavy (non-hydrogen) atoms. The van der Waals surface area contributed by atoms with Crippen molar-refractivity contribution in [1.29, 1.82) is 0 Å². The first-order valence-electron chi connectivity index (χ1n) is 7.42. The van der Waals surface area contributed by atoms with Gasteiger partial charge in [-0.1, -0.05) is 13.3 Å². The van der Waals surface area contributed by atoms with Crippen molar-refractivity contribution in [3.05, 3.63) is 29.1 Å². The molecule has 1 aliphatic rings. The monoisotopic (exact) mass is 275 g/mol. The van der Waals surface area contributed by atoms with Crippen LogP contribution in [-0.4, -0.2) is 31.8 Å². The number of hydrogen-bond donors (Lipinski definition) is 1. The summed E-state index contributed by atoms with van der Waals surface area (Å²) in [5, 5.41) is 7.88. The minimum atomic E-state index is -0.0691. The molecule has 108 valence electrons. The molecule has 6 heteroatoms. The Bertz CT molecular complexity index is 632. The van der Waals surface area contributed by atoms with Gasteiger partial charge in [-0.25, -0.2) is 13.9 Å². The second kappa shape index (κ2) is 5.75. The lowest BCUT2D eigenvalue weighted by molar-refractivity contribution is 0.356. The third kappa shape index (κ3) is 2.47. The lowest BCUT2D eigenvalue weighted by Crippen LogP contribution is -2.33. The molecular formula is C14H21N5O. The fourth-order valence-electron chi connectivity index (χ4n) is 3.23. The molecule has 0 bridgehead atoms. The van der Waals surface area contributed by atoms with Crippen molar-refractivity contribution in [3.63, 3.8) is 0 Å². The van der Waals surface area contributed by atoms with Crippen LogP contribution in [0, 0.1) is 5.92 Å². The Balaban J connectivity index is 1.71. The number of rotatable bonds is 5. The van der Waals surface area contributed by atoms with Crippen molar-refractivity contribution in [2.24, 2.45) is 5.92 Å². The van der Waals surface area contributed by atoms with Crippen molar-refractivity contribution in [3.8, 4) is 0 Å². The molecule has 0 amide bonds. The summed E-state index contributed by atoms with van der Waals surface area (Å²) in [7, 11) is 0. The smallest absolute Gasteiger partial charge is 0.314 e. The van der Waals surface area contributed by atoms with Gasteiger partial charge in [0.15, 0.2) is 5.65 Å². The van der Waals surface area contributed by atoms with Crippen LogP contribution in [0.5, 0.6) is 0 Å². The van der Waals surface area contributed by atoms with Crippen LogP contribution in [0.1, 0.15) is 32.6 Å². The third-order valence-electron chi connectivity index (χ3n) is 4.23. The molecule has 0 radical (unpaired) electrons. The normalized spacial score (nSPS) is 22.6. The minimum Gasteiger partial charge on any atom is -0.314 e. The fourth-order valence-corrected chi connectivity index (χ4v) is 3.23. The maximum atomic E-state index is 12.2. The van der Waals surface area contributed by atoms with Crippen molar-refractivity contribution in [2.75, 3.05) is 6.54 Å². The number of aromatic nitrogens is 4. The van der Waals surface area contributed by atoms with E-state index in [1.807, 2.05) is 0 Å². The molecule has 0 aromatic carbocycles. The van der Waals surface area contributed by atoms with Gasteiger partial charge in [0.2, 0.25) is 0 Å². The second-order valence-corrected chi connectivity index (χ2v) is 5.45. The van der Waals surface area contributed by atoms with Gasteiger partial charge in [0.25, 0.3) is 0 Å². The Morgan fingerprint density at radius 3 is 3.15 bits per heavy atom. The van der Waals surface area contributed by atoms with Gasteiger partial charge >= 0.3 is 5.69 Å². The Morgan fingerprint density at radius 1 is 1.45 bits per heavy atom. The molecule has 2 unspecified atom stereocenters. The Hall–Kier alpha value is -1.69. The summed E-state index contributed by atoms with van der Waals surface area (Å²) in [6.45, 7) is 3.85. The quantitative estimate of drug-likeness (QED) is 0.886. The molecule has 0 aliphatic heterocycles. The van der Waals surface area contributed by atoms with Crippen molar-refractivity contribution in [2.45, 2.75) is 45.2 Å². The third-order valence-corrected chi connectivity index (χ3v) is 4.23. The molecule has 1 N–H and O–H groups in total. The van der Waals surface area contributed by atoms with E-state index < -0.39 is 0 Å². The maximum absolute atomic E-state index is 12.2. The molecule has 1 saturated carbocycles. The van der Waals surface area contributed by atoms with Crippen LogP contribution in [-0.2, 0) is 6.54 Å². The largest absolute Gasteiger partial charge is 0.350 e. The van der Waals surface area contributed by atoms with E-state index in [4.69, 9.17) is 0 Å². The Morgan fingerprint density at radius 2 is 2.35 bits per heavy atom. The van der Waals surface area contributed by atoms with Gasteiger partial charge in [0, 0.05) is 25.0 Å². The Kier molecular flexibility index (Phi) is 3.82. The van der Waals surface area contributed by atoms with Crippen LogP contribution in [0.25, 0.3) is 5.65 Å². The summed E-state index contributed by atoms with van der Waals surface area (Å²) >= 11 is 0. The molecule has 0 saturated heterocycles. The fraction of sp³-hybridized carbons (Fsp3) is 0.643. The first-order valence-corrected chi connectivity index (χ1v) is 7.42. The van der Waals surface area contributed by atoms with Crippen LogP contribution in [0.15, 0.2) is 23.4 Å². The van der Waals surface area contributed by atoms with E-state index in [-0.39, 0.29) is 5.69 Å². The van der Waals surface area contributed by atoms with E-state index in [0.29, 0.717) is 24.2 Å². The zero-order valence-electron chi connectivity index (χ0n) is 11.8. The molecule has 3 rings (SSSR count).